The molecule has 0 atom stereocenters. The van der Waals surface area contributed by atoms with Crippen LogP contribution in [0.1, 0.15) is 23.1 Å². The van der Waals surface area contributed by atoms with Gasteiger partial charge in [0.1, 0.15) is 10.7 Å². The number of carbonyl (C=O) groups is 1. The number of nitrogens with one attached hydrogen (secondary N) is 1. The van der Waals surface area contributed by atoms with E-state index in [1.165, 1.54) is 12.3 Å². The lowest BCUT2D eigenvalue weighted by Crippen LogP contribution is -2.34. The Bertz CT molecular complexity index is 1130. The van der Waals surface area contributed by atoms with E-state index in [4.69, 9.17) is 11.6 Å². The summed E-state index contributed by atoms with van der Waals surface area (Å²) in [6.45, 7) is 7.48. The Hall–Kier alpha value is -2.84. The minimum absolute atomic E-state index is 0.0104. The second kappa shape index (κ2) is 10.9. The molecule has 0 aliphatic carbocycles. The van der Waals surface area contributed by atoms with Gasteiger partial charge in [0.2, 0.25) is 5.91 Å². The predicted octanol–water partition coefficient (Wildman–Crippen LogP) is 3.22. The van der Waals surface area contributed by atoms with Gasteiger partial charge in [-0.25, -0.2) is 8.42 Å². The number of hydrogen-bond donors (Lipinski definition) is 1. The molecule has 0 radical (unpaired) electrons. The Morgan fingerprint density at radius 2 is 1.94 bits per heavy atom. The summed E-state index contributed by atoms with van der Waals surface area (Å²) in [6.07, 6.45) is 1.96. The van der Waals surface area contributed by atoms with Crippen molar-refractivity contribution in [2.45, 2.75) is 24.7 Å². The minimum Gasteiger partial charge on any atom is -0.368 e. The van der Waals surface area contributed by atoms with Gasteiger partial charge in [-0.1, -0.05) is 54.6 Å². The molecule has 2 aromatic carbocycles. The number of aryl methyl sites for hydroxylation is 1. The van der Waals surface area contributed by atoms with Crippen LogP contribution in [-0.2, 0) is 21.2 Å². The van der Waals surface area contributed by atoms with Crippen molar-refractivity contribution < 1.29 is 13.2 Å². The van der Waals surface area contributed by atoms with Crippen LogP contribution in [0.15, 0.2) is 65.1 Å². The summed E-state index contributed by atoms with van der Waals surface area (Å²) in [7, 11) is -2.18. The van der Waals surface area contributed by atoms with Gasteiger partial charge in [-0.15, -0.1) is 0 Å². The highest BCUT2D eigenvalue weighted by Gasteiger charge is 2.26. The molecule has 1 amide bonds. The number of hydrogen-bond acceptors (Lipinski definition) is 5. The molecule has 9 heteroatoms. The summed E-state index contributed by atoms with van der Waals surface area (Å²) in [4.78, 5) is 18.7. The summed E-state index contributed by atoms with van der Waals surface area (Å²) in [6, 6.07) is 13.0. The number of likely N-dealkylation sites (N-methyl/N-ethyl adjacent to an activating group) is 1. The fourth-order valence-corrected chi connectivity index (χ4v) is 5.67. The van der Waals surface area contributed by atoms with Gasteiger partial charge < -0.3 is 10.2 Å². The van der Waals surface area contributed by atoms with E-state index in [1.807, 2.05) is 24.3 Å². The summed E-state index contributed by atoms with van der Waals surface area (Å²) in [5, 5.41) is 3.39. The third-order valence-corrected chi connectivity index (χ3v) is 7.98. The Balaban J connectivity index is 1.55. The van der Waals surface area contributed by atoms with Gasteiger partial charge >= 0.3 is 0 Å². The topological polar surface area (TPSA) is 82.1 Å². The van der Waals surface area contributed by atoms with Crippen LogP contribution in [-0.4, -0.2) is 62.6 Å². The SMILES string of the molecule is C=CN(CCC(=O)N(C)CCc1ccc(C2=NCCN2)cc1)S(=O)(=O)c1c(C)cccc1Cl. The van der Waals surface area contributed by atoms with E-state index in [0.29, 0.717) is 18.5 Å². The van der Waals surface area contributed by atoms with E-state index in [1.54, 1.807) is 31.0 Å². The van der Waals surface area contributed by atoms with E-state index < -0.39 is 10.0 Å². The van der Waals surface area contributed by atoms with Crippen LogP contribution in [0.25, 0.3) is 0 Å². The van der Waals surface area contributed by atoms with E-state index in [-0.39, 0.29) is 28.8 Å². The molecular weight excluding hydrogens is 460 g/mol. The number of benzene rings is 2. The number of nitrogens with zero attached hydrogens (tertiary/aromatic N) is 3. The Morgan fingerprint density at radius 3 is 2.55 bits per heavy atom. The molecule has 7 nitrogen and oxygen atoms in total. The first kappa shape index (κ1) is 24.8. The molecule has 1 heterocycles. The lowest BCUT2D eigenvalue weighted by atomic mass is 10.1. The van der Waals surface area contributed by atoms with Gasteiger partial charge in [-0.2, -0.15) is 0 Å². The molecule has 1 aliphatic heterocycles. The first-order valence-corrected chi connectivity index (χ1v) is 12.6. The van der Waals surface area contributed by atoms with Gasteiger partial charge in [0, 0.05) is 44.9 Å². The van der Waals surface area contributed by atoms with Crippen LogP contribution in [0.3, 0.4) is 0 Å². The first-order chi connectivity index (χ1) is 15.7. The zero-order valence-electron chi connectivity index (χ0n) is 18.9. The molecule has 0 fully saturated rings. The second-order valence-corrected chi connectivity index (χ2v) is 10.1. The molecule has 33 heavy (non-hydrogen) atoms. The number of sulfonamides is 1. The normalized spacial score (nSPS) is 13.2. The maximum Gasteiger partial charge on any atom is 0.265 e. The van der Waals surface area contributed by atoms with Crippen LogP contribution in [0.5, 0.6) is 0 Å². The van der Waals surface area contributed by atoms with Gasteiger partial charge in [0.25, 0.3) is 10.0 Å². The summed E-state index contributed by atoms with van der Waals surface area (Å²) in [5.74, 6) is 0.775. The van der Waals surface area contributed by atoms with Crippen LogP contribution in [0.2, 0.25) is 5.02 Å². The molecule has 0 bridgehead atoms. The molecule has 0 aromatic heterocycles. The van der Waals surface area contributed by atoms with Crippen LogP contribution in [0, 0.1) is 6.92 Å². The van der Waals surface area contributed by atoms with Crippen LogP contribution in [0.4, 0.5) is 0 Å². The lowest BCUT2D eigenvalue weighted by Gasteiger charge is -2.23. The van der Waals surface area contributed by atoms with Gasteiger partial charge in [-0.05, 0) is 30.5 Å². The number of halogens is 1. The molecule has 2 aromatic rings. The highest BCUT2D eigenvalue weighted by atomic mass is 35.5. The van der Waals surface area contributed by atoms with Crippen molar-refractivity contribution in [2.24, 2.45) is 4.99 Å². The maximum atomic E-state index is 13.1. The van der Waals surface area contributed by atoms with E-state index in [9.17, 15) is 13.2 Å². The molecule has 176 valence electrons. The van der Waals surface area contributed by atoms with Gasteiger partial charge in [-0.3, -0.25) is 14.1 Å². The molecule has 1 N–H and O–H groups in total. The molecule has 1 aliphatic rings. The van der Waals surface area contributed by atoms with Crippen molar-refractivity contribution in [3.63, 3.8) is 0 Å². The van der Waals surface area contributed by atoms with E-state index in [0.717, 1.165) is 34.4 Å². The largest absolute Gasteiger partial charge is 0.368 e. The number of rotatable bonds is 10. The maximum absolute atomic E-state index is 13.1. The fraction of sp³-hybridized carbons (Fsp3) is 0.333. The quantitative estimate of drug-likeness (QED) is 0.556. The van der Waals surface area contributed by atoms with Crippen molar-refractivity contribution >= 4 is 33.4 Å². The lowest BCUT2D eigenvalue weighted by molar-refractivity contribution is -0.129. The number of carbonyl (C=O) groups excluding carboxylic acids is 1. The predicted molar refractivity (Wildman–Crippen MR) is 132 cm³/mol. The highest BCUT2D eigenvalue weighted by molar-refractivity contribution is 7.89. The summed E-state index contributed by atoms with van der Waals surface area (Å²) < 4.78 is 27.2. The summed E-state index contributed by atoms with van der Waals surface area (Å²) >= 11 is 6.15. The van der Waals surface area contributed by atoms with Crippen molar-refractivity contribution in [3.8, 4) is 0 Å². The zero-order chi connectivity index (χ0) is 24.0. The number of amides is 1. The Labute approximate surface area is 200 Å². The van der Waals surface area contributed by atoms with Crippen molar-refractivity contribution in [2.75, 3.05) is 33.2 Å². The Kier molecular flexibility index (Phi) is 8.15. The molecule has 0 unspecified atom stereocenters. The molecule has 3 rings (SSSR count). The van der Waals surface area contributed by atoms with Crippen LogP contribution < -0.4 is 5.32 Å². The smallest absolute Gasteiger partial charge is 0.265 e. The highest BCUT2D eigenvalue weighted by Crippen LogP contribution is 2.28. The monoisotopic (exact) mass is 488 g/mol. The van der Waals surface area contributed by atoms with Gasteiger partial charge in [0.15, 0.2) is 0 Å². The van der Waals surface area contributed by atoms with Gasteiger partial charge in [0.05, 0.1) is 11.6 Å². The van der Waals surface area contributed by atoms with Crippen molar-refractivity contribution in [3.05, 3.63) is 77.0 Å². The second-order valence-electron chi connectivity index (χ2n) is 7.85. The van der Waals surface area contributed by atoms with E-state index >= 15 is 0 Å². The molecule has 0 saturated heterocycles. The third-order valence-electron chi connectivity index (χ3n) is 5.54. The standard InChI is InChI=1S/C24H29ClN4O3S/c1-4-29(33(31,32)23-18(2)6-5-7-21(23)25)17-13-22(30)28(3)16-12-19-8-10-20(11-9-19)24-26-14-15-27-24/h4-11H,1,12-17H2,2-3H3,(H,26,27). The molecule has 0 saturated carbocycles. The molecule has 0 spiro atoms. The Morgan fingerprint density at radius 1 is 1.21 bits per heavy atom. The molecular formula is C24H29ClN4O3S. The fourth-order valence-electron chi connectivity index (χ4n) is 3.61. The van der Waals surface area contributed by atoms with E-state index in [2.05, 4.69) is 16.9 Å². The van der Waals surface area contributed by atoms with Crippen molar-refractivity contribution in [1.29, 1.82) is 0 Å². The number of amidine groups is 1. The minimum atomic E-state index is -3.90. The average Bonchev–Trinajstić information content (AvgIpc) is 3.32. The first-order valence-electron chi connectivity index (χ1n) is 10.7. The zero-order valence-corrected chi connectivity index (χ0v) is 20.5. The third kappa shape index (κ3) is 5.94. The summed E-state index contributed by atoms with van der Waals surface area (Å²) in [5.41, 5.74) is 2.71. The average molecular weight is 489 g/mol. The van der Waals surface area contributed by atoms with Crippen LogP contribution >= 0.6 is 11.6 Å². The number of aliphatic imine (C=N–C) groups is 1. The van der Waals surface area contributed by atoms with Crippen molar-refractivity contribution in [1.82, 2.24) is 14.5 Å².